The molecule has 1 fully saturated rings. The van der Waals surface area contributed by atoms with Crippen LogP contribution >= 0.6 is 0 Å². The SMILES string of the molecule is CC1=C[C@@H](C(N)=O)N2C[C@@H]1N(O[C@@H](F)C(=O)OC(C)C)C2=O. The van der Waals surface area contributed by atoms with Crippen molar-refractivity contribution in [2.75, 3.05) is 6.54 Å². The summed E-state index contributed by atoms with van der Waals surface area (Å²) < 4.78 is 18.5. The lowest BCUT2D eigenvalue weighted by Crippen LogP contribution is -2.46. The van der Waals surface area contributed by atoms with Crippen LogP contribution in [0.25, 0.3) is 0 Å². The smallest absolute Gasteiger partial charge is 0.371 e. The van der Waals surface area contributed by atoms with Crippen LogP contribution in [-0.2, 0) is 19.2 Å². The molecule has 2 aliphatic heterocycles. The Bertz CT molecular complexity index is 536. The van der Waals surface area contributed by atoms with Crippen molar-refractivity contribution in [1.29, 1.82) is 0 Å². The van der Waals surface area contributed by atoms with Crippen molar-refractivity contribution in [3.8, 4) is 0 Å². The summed E-state index contributed by atoms with van der Waals surface area (Å²) in [5.74, 6) is -1.91. The third kappa shape index (κ3) is 2.89. The Labute approximate surface area is 126 Å². The first kappa shape index (κ1) is 16.2. The van der Waals surface area contributed by atoms with E-state index >= 15 is 0 Å². The maximum absolute atomic E-state index is 13.8. The van der Waals surface area contributed by atoms with Crippen LogP contribution in [0.2, 0.25) is 0 Å². The number of nitrogens with two attached hydrogens (primary N) is 1. The normalized spacial score (nSPS) is 25.3. The van der Waals surface area contributed by atoms with Crippen molar-refractivity contribution in [2.24, 2.45) is 5.73 Å². The molecule has 0 aromatic heterocycles. The lowest BCUT2D eigenvalue weighted by atomic mass is 10.0. The van der Waals surface area contributed by atoms with E-state index in [1.165, 1.54) is 11.0 Å². The molecule has 0 spiro atoms. The first-order valence-electron chi connectivity index (χ1n) is 6.81. The average Bonchev–Trinajstić information content (AvgIpc) is 2.68. The van der Waals surface area contributed by atoms with Gasteiger partial charge in [0, 0.05) is 0 Å². The van der Waals surface area contributed by atoms with Gasteiger partial charge in [-0.05, 0) is 26.3 Å². The van der Waals surface area contributed by atoms with Gasteiger partial charge in [0.2, 0.25) is 5.91 Å². The zero-order valence-corrected chi connectivity index (χ0v) is 12.5. The van der Waals surface area contributed by atoms with Crippen molar-refractivity contribution in [2.45, 2.75) is 45.3 Å². The highest BCUT2D eigenvalue weighted by Crippen LogP contribution is 2.30. The Hall–Kier alpha value is -2.16. The number of carbonyl (C=O) groups is 3. The van der Waals surface area contributed by atoms with Crippen LogP contribution in [0.3, 0.4) is 0 Å². The molecule has 0 radical (unpaired) electrons. The topological polar surface area (TPSA) is 102 Å². The van der Waals surface area contributed by atoms with Gasteiger partial charge >= 0.3 is 18.4 Å². The summed E-state index contributed by atoms with van der Waals surface area (Å²) in [6.45, 7) is 4.94. The molecule has 0 saturated carbocycles. The van der Waals surface area contributed by atoms with Crippen LogP contribution in [0.5, 0.6) is 0 Å². The minimum Gasteiger partial charge on any atom is -0.459 e. The van der Waals surface area contributed by atoms with Gasteiger partial charge in [0.1, 0.15) is 12.1 Å². The summed E-state index contributed by atoms with van der Waals surface area (Å²) in [7, 11) is 0. The van der Waals surface area contributed by atoms with Gasteiger partial charge in [0.15, 0.2) is 0 Å². The number of primary amides is 1. The number of ether oxygens (including phenoxy) is 1. The first-order chi connectivity index (χ1) is 10.2. The monoisotopic (exact) mass is 315 g/mol. The number of halogens is 1. The van der Waals surface area contributed by atoms with Gasteiger partial charge in [0.25, 0.3) is 0 Å². The predicted molar refractivity (Wildman–Crippen MR) is 71.7 cm³/mol. The third-order valence-electron chi connectivity index (χ3n) is 3.40. The maximum Gasteiger partial charge on any atom is 0.371 e. The van der Waals surface area contributed by atoms with Gasteiger partial charge in [0.05, 0.1) is 12.6 Å². The standard InChI is InChI=1S/C13H18FN3O5/c1-6(2)21-12(19)10(14)22-17-9-5-16(13(17)20)8(11(15)18)4-7(9)3/h4,6,8-10H,5H2,1-3H3,(H2,15,18)/t8-,9-,10+/m0/s1. The minimum atomic E-state index is -2.42. The van der Waals surface area contributed by atoms with Crippen molar-refractivity contribution in [1.82, 2.24) is 9.96 Å². The lowest BCUT2D eigenvalue weighted by molar-refractivity contribution is -0.226. The summed E-state index contributed by atoms with van der Waals surface area (Å²) in [4.78, 5) is 41.0. The Balaban J connectivity index is 2.11. The number of alkyl halides is 1. The molecule has 0 aliphatic carbocycles. The molecule has 0 unspecified atom stereocenters. The Morgan fingerprint density at radius 1 is 1.45 bits per heavy atom. The minimum absolute atomic E-state index is 0.140. The Morgan fingerprint density at radius 2 is 2.09 bits per heavy atom. The highest BCUT2D eigenvalue weighted by molar-refractivity contribution is 5.90. The van der Waals surface area contributed by atoms with E-state index in [-0.39, 0.29) is 6.54 Å². The van der Waals surface area contributed by atoms with Crippen molar-refractivity contribution in [3.63, 3.8) is 0 Å². The molecule has 122 valence electrons. The number of fused-ring (bicyclic) bond motifs is 2. The predicted octanol–water partition coefficient (Wildman–Crippen LogP) is 0.0852. The van der Waals surface area contributed by atoms with Gasteiger partial charge in [-0.15, -0.1) is 0 Å². The van der Waals surface area contributed by atoms with E-state index in [0.717, 1.165) is 5.06 Å². The molecule has 2 rings (SSSR count). The molecule has 8 nitrogen and oxygen atoms in total. The molecule has 0 aromatic carbocycles. The lowest BCUT2D eigenvalue weighted by Gasteiger charge is -2.26. The number of nitrogens with zero attached hydrogens (tertiary/aromatic N) is 2. The molecule has 2 aliphatic rings. The van der Waals surface area contributed by atoms with Crippen molar-refractivity contribution in [3.05, 3.63) is 11.6 Å². The van der Waals surface area contributed by atoms with E-state index in [0.29, 0.717) is 5.57 Å². The van der Waals surface area contributed by atoms with Gasteiger partial charge < -0.3 is 15.4 Å². The molecule has 9 heteroatoms. The van der Waals surface area contributed by atoms with Crippen molar-refractivity contribution < 1.29 is 28.3 Å². The van der Waals surface area contributed by atoms with Crippen LogP contribution < -0.4 is 5.73 Å². The summed E-state index contributed by atoms with van der Waals surface area (Å²) >= 11 is 0. The highest BCUT2D eigenvalue weighted by atomic mass is 19.1. The number of hydrogen-bond acceptors (Lipinski definition) is 5. The number of urea groups is 1. The largest absolute Gasteiger partial charge is 0.459 e. The van der Waals surface area contributed by atoms with E-state index in [4.69, 9.17) is 10.6 Å². The molecule has 2 bridgehead atoms. The second kappa shape index (κ2) is 5.91. The van der Waals surface area contributed by atoms with Gasteiger partial charge in [-0.25, -0.2) is 18.8 Å². The zero-order valence-electron chi connectivity index (χ0n) is 12.5. The molecule has 3 amide bonds. The highest BCUT2D eigenvalue weighted by Gasteiger charge is 2.48. The second-order valence-corrected chi connectivity index (χ2v) is 5.44. The number of carbonyl (C=O) groups excluding carboxylic acids is 3. The second-order valence-electron chi connectivity index (χ2n) is 5.44. The molecular weight excluding hydrogens is 297 g/mol. The molecule has 2 N–H and O–H groups in total. The Morgan fingerprint density at radius 3 is 2.64 bits per heavy atom. The van der Waals surface area contributed by atoms with Gasteiger partial charge in [-0.3, -0.25) is 4.79 Å². The van der Waals surface area contributed by atoms with Gasteiger partial charge in [-0.2, -0.15) is 5.06 Å². The van der Waals surface area contributed by atoms with Gasteiger partial charge in [-0.1, -0.05) is 6.08 Å². The number of hydroxylamine groups is 2. The Kier molecular flexibility index (Phi) is 4.36. The number of esters is 1. The fraction of sp³-hybridized carbons (Fsp3) is 0.615. The fourth-order valence-corrected chi connectivity index (χ4v) is 2.39. The summed E-state index contributed by atoms with van der Waals surface area (Å²) in [6, 6.07) is -2.20. The van der Waals surface area contributed by atoms with E-state index < -0.39 is 42.5 Å². The molecule has 22 heavy (non-hydrogen) atoms. The van der Waals surface area contributed by atoms with E-state index in [1.807, 2.05) is 0 Å². The van der Waals surface area contributed by atoms with Crippen LogP contribution in [0, 0.1) is 0 Å². The molecule has 2 heterocycles. The summed E-state index contributed by atoms with van der Waals surface area (Å²) in [6.07, 6.45) is -1.41. The van der Waals surface area contributed by atoms with E-state index in [1.54, 1.807) is 20.8 Å². The molecule has 0 aromatic rings. The number of amides is 3. The third-order valence-corrected chi connectivity index (χ3v) is 3.40. The molecule has 3 atom stereocenters. The van der Waals surface area contributed by atoms with E-state index in [9.17, 15) is 18.8 Å². The summed E-state index contributed by atoms with van der Waals surface area (Å²) in [5.41, 5.74) is 5.88. The van der Waals surface area contributed by atoms with Crippen LogP contribution in [0.4, 0.5) is 9.18 Å². The van der Waals surface area contributed by atoms with Crippen LogP contribution in [0.15, 0.2) is 11.6 Å². The fourth-order valence-electron chi connectivity index (χ4n) is 2.39. The summed E-state index contributed by atoms with van der Waals surface area (Å²) in [5, 5.41) is 0.751. The zero-order chi connectivity index (χ0) is 16.6. The van der Waals surface area contributed by atoms with Crippen LogP contribution in [0.1, 0.15) is 20.8 Å². The van der Waals surface area contributed by atoms with Crippen LogP contribution in [-0.4, -0.2) is 59.0 Å². The first-order valence-corrected chi connectivity index (χ1v) is 6.81. The van der Waals surface area contributed by atoms with Crippen molar-refractivity contribution >= 4 is 17.9 Å². The molecular formula is C13H18FN3O5. The number of hydrogen-bond donors (Lipinski definition) is 1. The maximum atomic E-state index is 13.8. The molecule has 1 saturated heterocycles. The van der Waals surface area contributed by atoms with E-state index in [2.05, 4.69) is 4.74 Å². The number of rotatable bonds is 5. The quantitative estimate of drug-likeness (QED) is 0.572. The average molecular weight is 315 g/mol.